The third kappa shape index (κ3) is 5.65. The molecule has 0 radical (unpaired) electrons. The van der Waals surface area contributed by atoms with E-state index in [-0.39, 0.29) is 17.6 Å². The Hall–Kier alpha value is -3.24. The zero-order chi connectivity index (χ0) is 21.5. The molecule has 1 aliphatic heterocycles. The van der Waals surface area contributed by atoms with Gasteiger partial charge in [0.05, 0.1) is 12.1 Å². The van der Waals surface area contributed by atoms with Gasteiger partial charge in [0.25, 0.3) is 11.8 Å². The average Bonchev–Trinajstić information content (AvgIpc) is 2.99. The Labute approximate surface area is 176 Å². The minimum absolute atomic E-state index is 0.116. The largest absolute Gasteiger partial charge is 0.337 e. The molecule has 0 bridgehead atoms. The highest BCUT2D eigenvalue weighted by atomic mass is 19.1. The summed E-state index contributed by atoms with van der Waals surface area (Å²) in [5, 5.41) is 0. The molecule has 0 spiro atoms. The van der Waals surface area contributed by atoms with Crippen molar-refractivity contribution in [2.24, 2.45) is 0 Å². The number of hydrogen-bond acceptors (Lipinski definition) is 4. The van der Waals surface area contributed by atoms with Crippen LogP contribution in [0.2, 0.25) is 0 Å². The van der Waals surface area contributed by atoms with Gasteiger partial charge in [-0.3, -0.25) is 19.5 Å². The highest BCUT2D eigenvalue weighted by Crippen LogP contribution is 2.13. The van der Waals surface area contributed by atoms with Gasteiger partial charge in [0.2, 0.25) is 0 Å². The van der Waals surface area contributed by atoms with E-state index in [2.05, 4.69) is 16.8 Å². The molecule has 1 aliphatic rings. The number of amides is 2. The summed E-state index contributed by atoms with van der Waals surface area (Å²) in [5.74, 6) is 5.43. The SMILES string of the molecule is CN(C)CC#Cc1cncc(C(=O)N2CCCN(C(=O)c3ccc(F)cc3)CC2)c1. The Morgan fingerprint density at radius 1 is 1.00 bits per heavy atom. The smallest absolute Gasteiger partial charge is 0.255 e. The zero-order valence-electron chi connectivity index (χ0n) is 17.3. The first-order chi connectivity index (χ1) is 14.4. The zero-order valence-corrected chi connectivity index (χ0v) is 17.3. The van der Waals surface area contributed by atoms with Crippen LogP contribution in [0.3, 0.4) is 0 Å². The molecule has 0 saturated carbocycles. The van der Waals surface area contributed by atoms with E-state index in [1.165, 1.54) is 24.3 Å². The monoisotopic (exact) mass is 408 g/mol. The first-order valence-electron chi connectivity index (χ1n) is 9.87. The van der Waals surface area contributed by atoms with E-state index in [1.54, 1.807) is 28.3 Å². The fourth-order valence-corrected chi connectivity index (χ4v) is 3.21. The van der Waals surface area contributed by atoms with Crippen molar-refractivity contribution in [3.8, 4) is 11.8 Å². The van der Waals surface area contributed by atoms with Gasteiger partial charge in [-0.1, -0.05) is 11.8 Å². The van der Waals surface area contributed by atoms with Crippen LogP contribution in [0.4, 0.5) is 4.39 Å². The molecule has 1 fully saturated rings. The Kier molecular flexibility index (Phi) is 7.15. The van der Waals surface area contributed by atoms with Gasteiger partial charge in [-0.2, -0.15) is 0 Å². The summed E-state index contributed by atoms with van der Waals surface area (Å²) in [4.78, 5) is 35.2. The Bertz CT molecular complexity index is 963. The molecule has 0 aliphatic carbocycles. The number of hydrogen-bond donors (Lipinski definition) is 0. The summed E-state index contributed by atoms with van der Waals surface area (Å²) in [6.45, 7) is 2.60. The van der Waals surface area contributed by atoms with Crippen LogP contribution in [-0.4, -0.2) is 78.3 Å². The van der Waals surface area contributed by atoms with Crippen LogP contribution in [0, 0.1) is 17.7 Å². The van der Waals surface area contributed by atoms with E-state index in [0.717, 1.165) is 0 Å². The number of nitrogens with zero attached hydrogens (tertiary/aromatic N) is 4. The van der Waals surface area contributed by atoms with Crippen LogP contribution >= 0.6 is 0 Å². The number of pyridine rings is 1. The summed E-state index contributed by atoms with van der Waals surface area (Å²) >= 11 is 0. The summed E-state index contributed by atoms with van der Waals surface area (Å²) < 4.78 is 13.1. The molecular formula is C23H25FN4O2. The van der Waals surface area contributed by atoms with Gasteiger partial charge in [-0.15, -0.1) is 0 Å². The van der Waals surface area contributed by atoms with Gasteiger partial charge < -0.3 is 9.80 Å². The van der Waals surface area contributed by atoms with E-state index >= 15 is 0 Å². The molecule has 0 unspecified atom stereocenters. The maximum absolute atomic E-state index is 13.1. The molecule has 0 atom stereocenters. The second kappa shape index (κ2) is 9.99. The lowest BCUT2D eigenvalue weighted by Gasteiger charge is -2.22. The number of aromatic nitrogens is 1. The fourth-order valence-electron chi connectivity index (χ4n) is 3.21. The third-order valence-electron chi connectivity index (χ3n) is 4.77. The molecule has 2 heterocycles. The van der Waals surface area contributed by atoms with Gasteiger partial charge in [-0.05, 0) is 50.8 Å². The van der Waals surface area contributed by atoms with Crippen molar-refractivity contribution in [2.45, 2.75) is 6.42 Å². The maximum Gasteiger partial charge on any atom is 0.255 e. The van der Waals surface area contributed by atoms with Gasteiger partial charge in [-0.25, -0.2) is 4.39 Å². The number of benzene rings is 1. The molecule has 0 N–H and O–H groups in total. The molecule has 30 heavy (non-hydrogen) atoms. The van der Waals surface area contributed by atoms with E-state index < -0.39 is 0 Å². The standard InChI is InChI=1S/C23H25FN4O2/c1-26(2)10-3-5-18-15-20(17-25-16-18)23(30)28-12-4-11-27(13-14-28)22(29)19-6-8-21(24)9-7-19/h6-9,15-17H,4,10-14H2,1-2H3. The lowest BCUT2D eigenvalue weighted by molar-refractivity contribution is 0.0718. The van der Waals surface area contributed by atoms with Crippen molar-refractivity contribution in [1.29, 1.82) is 0 Å². The Morgan fingerprint density at radius 3 is 2.27 bits per heavy atom. The molecule has 1 saturated heterocycles. The molecule has 1 aromatic carbocycles. The molecule has 156 valence electrons. The van der Waals surface area contributed by atoms with Crippen molar-refractivity contribution in [3.05, 3.63) is 65.2 Å². The van der Waals surface area contributed by atoms with Crippen molar-refractivity contribution in [1.82, 2.24) is 19.7 Å². The predicted octanol–water partition coefficient (Wildman–Crippen LogP) is 2.12. The summed E-state index contributed by atoms with van der Waals surface area (Å²) in [7, 11) is 3.88. The highest BCUT2D eigenvalue weighted by molar-refractivity contribution is 5.95. The number of carbonyl (C=O) groups excluding carboxylic acids is 2. The van der Waals surface area contributed by atoms with Crippen molar-refractivity contribution < 1.29 is 14.0 Å². The molecular weight excluding hydrogens is 383 g/mol. The molecule has 2 amide bonds. The van der Waals surface area contributed by atoms with Crippen LogP contribution < -0.4 is 0 Å². The molecule has 3 rings (SSSR count). The maximum atomic E-state index is 13.1. The van der Waals surface area contributed by atoms with Crippen LogP contribution in [0.15, 0.2) is 42.7 Å². The van der Waals surface area contributed by atoms with Gasteiger partial charge in [0, 0.05) is 49.7 Å². The summed E-state index contributed by atoms with van der Waals surface area (Å²) in [6, 6.07) is 7.29. The van der Waals surface area contributed by atoms with Crippen molar-refractivity contribution in [3.63, 3.8) is 0 Å². The normalized spacial score (nSPS) is 14.1. The Morgan fingerprint density at radius 2 is 1.63 bits per heavy atom. The Balaban J connectivity index is 1.65. The molecule has 6 nitrogen and oxygen atoms in total. The lowest BCUT2D eigenvalue weighted by Crippen LogP contribution is -2.37. The minimum atomic E-state index is -0.374. The van der Waals surface area contributed by atoms with Gasteiger partial charge in [0.1, 0.15) is 5.82 Å². The average molecular weight is 408 g/mol. The summed E-state index contributed by atoms with van der Waals surface area (Å²) in [5.41, 5.74) is 1.64. The minimum Gasteiger partial charge on any atom is -0.337 e. The van der Waals surface area contributed by atoms with Crippen LogP contribution in [0.5, 0.6) is 0 Å². The van der Waals surface area contributed by atoms with Crippen LogP contribution in [0.25, 0.3) is 0 Å². The van der Waals surface area contributed by atoms with Crippen LogP contribution in [0.1, 0.15) is 32.7 Å². The number of halogens is 1. The van der Waals surface area contributed by atoms with Crippen molar-refractivity contribution in [2.75, 3.05) is 46.8 Å². The predicted molar refractivity (Wildman–Crippen MR) is 112 cm³/mol. The highest BCUT2D eigenvalue weighted by Gasteiger charge is 2.23. The van der Waals surface area contributed by atoms with Crippen LogP contribution in [-0.2, 0) is 0 Å². The number of rotatable bonds is 3. The van der Waals surface area contributed by atoms with Gasteiger partial charge in [0.15, 0.2) is 0 Å². The van der Waals surface area contributed by atoms with E-state index in [4.69, 9.17) is 0 Å². The topological polar surface area (TPSA) is 56.8 Å². The van der Waals surface area contributed by atoms with Gasteiger partial charge >= 0.3 is 0 Å². The number of carbonyl (C=O) groups is 2. The van der Waals surface area contributed by atoms with E-state index in [0.29, 0.717) is 55.8 Å². The second-order valence-corrected chi connectivity index (χ2v) is 7.45. The fraction of sp³-hybridized carbons (Fsp3) is 0.348. The quantitative estimate of drug-likeness (QED) is 0.730. The lowest BCUT2D eigenvalue weighted by atomic mass is 10.2. The van der Waals surface area contributed by atoms with E-state index in [1.807, 2.05) is 19.0 Å². The second-order valence-electron chi connectivity index (χ2n) is 7.45. The molecule has 2 aromatic rings. The molecule has 1 aromatic heterocycles. The van der Waals surface area contributed by atoms with Crippen molar-refractivity contribution >= 4 is 11.8 Å². The van der Waals surface area contributed by atoms with E-state index in [9.17, 15) is 14.0 Å². The summed E-state index contributed by atoms with van der Waals surface area (Å²) in [6.07, 6.45) is 3.87. The first kappa shape index (κ1) is 21.5. The molecule has 7 heteroatoms. The first-order valence-corrected chi connectivity index (χ1v) is 9.87. The third-order valence-corrected chi connectivity index (χ3v) is 4.77.